The normalized spacial score (nSPS) is 23.1. The van der Waals surface area contributed by atoms with Crippen molar-refractivity contribution in [1.29, 1.82) is 0 Å². The number of fused-ring (bicyclic) bond motifs is 1. The van der Waals surface area contributed by atoms with Gasteiger partial charge in [-0.05, 0) is 18.6 Å². The van der Waals surface area contributed by atoms with Crippen molar-refractivity contribution < 1.29 is 23.9 Å². The average Bonchev–Trinajstić information content (AvgIpc) is 2.96. The molecule has 10 heteroatoms. The minimum absolute atomic E-state index is 0.148. The maximum Gasteiger partial charge on any atom is 0.407 e. The molecule has 148 valence electrons. The van der Waals surface area contributed by atoms with Crippen molar-refractivity contribution in [2.24, 2.45) is 7.05 Å². The summed E-state index contributed by atoms with van der Waals surface area (Å²) < 4.78 is 16.5. The lowest BCUT2D eigenvalue weighted by molar-refractivity contribution is -0.134. The fraction of sp³-hybridized carbons (Fsp3) is 0.444. The number of piperidine rings is 1. The first-order valence-corrected chi connectivity index (χ1v) is 9.06. The van der Waals surface area contributed by atoms with Crippen LogP contribution in [0.25, 0.3) is 10.9 Å². The summed E-state index contributed by atoms with van der Waals surface area (Å²) in [5, 5.41) is 19.6. The molecule has 2 aliphatic heterocycles. The van der Waals surface area contributed by atoms with Crippen molar-refractivity contribution in [2.45, 2.75) is 24.8 Å². The number of nitrogens with one attached hydrogen (secondary N) is 2. The summed E-state index contributed by atoms with van der Waals surface area (Å²) in [4.78, 5) is 36.1. The summed E-state index contributed by atoms with van der Waals surface area (Å²) in [5.41, 5.74) is 1.44. The monoisotopic (exact) mass is 389 g/mol. The summed E-state index contributed by atoms with van der Waals surface area (Å²) in [6.07, 6.45) is -0.488. The van der Waals surface area contributed by atoms with Crippen molar-refractivity contribution in [3.05, 3.63) is 29.2 Å². The molecular formula is C18H20FN5O4. The lowest BCUT2D eigenvalue weighted by atomic mass is 9.92. The van der Waals surface area contributed by atoms with Gasteiger partial charge in [0.1, 0.15) is 5.82 Å². The van der Waals surface area contributed by atoms with Gasteiger partial charge in [-0.1, -0.05) is 0 Å². The minimum Gasteiger partial charge on any atom is -0.465 e. The molecule has 0 spiro atoms. The summed E-state index contributed by atoms with van der Waals surface area (Å²) in [6, 6.07) is 2.52. The number of carbonyl (C=O) groups is 3. The SMILES string of the molecule is Cn1nc(C2CCC(=O)NC2=O)c2cc(F)c(C3CN(C(=O)O)CCN3)cc21. The summed E-state index contributed by atoms with van der Waals surface area (Å²) in [7, 11) is 1.71. The molecule has 9 nitrogen and oxygen atoms in total. The molecule has 3 heterocycles. The van der Waals surface area contributed by atoms with Crippen LogP contribution in [0, 0.1) is 5.82 Å². The second kappa shape index (κ2) is 6.86. The Morgan fingerprint density at radius 3 is 2.86 bits per heavy atom. The number of hydrogen-bond donors (Lipinski definition) is 3. The fourth-order valence-electron chi connectivity index (χ4n) is 3.93. The topological polar surface area (TPSA) is 117 Å². The molecule has 2 aliphatic rings. The molecule has 1 aromatic heterocycles. The first-order chi connectivity index (χ1) is 13.3. The minimum atomic E-state index is -1.03. The Bertz CT molecular complexity index is 988. The van der Waals surface area contributed by atoms with Crippen molar-refractivity contribution in [3.63, 3.8) is 0 Å². The van der Waals surface area contributed by atoms with Crippen LogP contribution in [0.2, 0.25) is 0 Å². The van der Waals surface area contributed by atoms with E-state index in [1.807, 2.05) is 0 Å². The third kappa shape index (κ3) is 3.09. The van der Waals surface area contributed by atoms with Gasteiger partial charge in [0.15, 0.2) is 0 Å². The number of benzene rings is 1. The van der Waals surface area contributed by atoms with Crippen LogP contribution in [0.5, 0.6) is 0 Å². The first-order valence-electron chi connectivity index (χ1n) is 9.06. The highest BCUT2D eigenvalue weighted by Gasteiger charge is 2.33. The zero-order valence-electron chi connectivity index (χ0n) is 15.2. The molecule has 3 amide bonds. The molecule has 0 radical (unpaired) electrons. The number of rotatable bonds is 2. The predicted molar refractivity (Wildman–Crippen MR) is 96.1 cm³/mol. The summed E-state index contributed by atoms with van der Waals surface area (Å²) in [6.45, 7) is 0.929. The van der Waals surface area contributed by atoms with Gasteiger partial charge in [-0.3, -0.25) is 19.6 Å². The van der Waals surface area contributed by atoms with Crippen LogP contribution in [0.3, 0.4) is 0 Å². The fourth-order valence-corrected chi connectivity index (χ4v) is 3.93. The van der Waals surface area contributed by atoms with Gasteiger partial charge in [-0.2, -0.15) is 5.10 Å². The first kappa shape index (κ1) is 18.4. The average molecular weight is 389 g/mol. The molecular weight excluding hydrogens is 369 g/mol. The number of hydrogen-bond acceptors (Lipinski definition) is 5. The van der Waals surface area contributed by atoms with Gasteiger partial charge in [0.2, 0.25) is 11.8 Å². The maximum atomic E-state index is 15.0. The standard InChI is InChI=1S/C18H20FN5O4/c1-23-14-7-10(13-8-24(18(27)28)5-4-20-13)12(19)6-11(14)16(22-23)9-2-3-15(25)21-17(9)26/h6-7,9,13,20H,2-5,8H2,1H3,(H,27,28)(H,21,25,26). The molecule has 0 aliphatic carbocycles. The van der Waals surface area contributed by atoms with E-state index in [0.29, 0.717) is 41.7 Å². The Hall–Kier alpha value is -3.01. The molecule has 1 aromatic carbocycles. The Morgan fingerprint density at radius 1 is 1.36 bits per heavy atom. The maximum absolute atomic E-state index is 15.0. The predicted octanol–water partition coefficient (Wildman–Crippen LogP) is 0.857. The van der Waals surface area contributed by atoms with E-state index in [0.717, 1.165) is 0 Å². The van der Waals surface area contributed by atoms with Crippen molar-refractivity contribution in [3.8, 4) is 0 Å². The number of piperazine rings is 1. The van der Waals surface area contributed by atoms with E-state index in [1.165, 1.54) is 11.0 Å². The smallest absolute Gasteiger partial charge is 0.407 e. The molecule has 2 saturated heterocycles. The van der Waals surface area contributed by atoms with Crippen LogP contribution in [0.4, 0.5) is 9.18 Å². The van der Waals surface area contributed by atoms with Gasteiger partial charge in [-0.15, -0.1) is 0 Å². The molecule has 0 saturated carbocycles. The Morgan fingerprint density at radius 2 is 2.14 bits per heavy atom. The van der Waals surface area contributed by atoms with Crippen LogP contribution < -0.4 is 10.6 Å². The number of nitrogens with zero attached hydrogens (tertiary/aromatic N) is 3. The quantitative estimate of drug-likeness (QED) is 0.656. The number of amides is 3. The van der Waals surface area contributed by atoms with E-state index >= 15 is 0 Å². The van der Waals surface area contributed by atoms with Crippen LogP contribution in [0.15, 0.2) is 12.1 Å². The van der Waals surface area contributed by atoms with Crippen LogP contribution in [-0.2, 0) is 16.6 Å². The zero-order valence-corrected chi connectivity index (χ0v) is 15.2. The van der Waals surface area contributed by atoms with Crippen molar-refractivity contribution >= 4 is 28.8 Å². The summed E-state index contributed by atoms with van der Waals surface area (Å²) in [5.74, 6) is -1.84. The number of carboxylic acid groups (broad SMARTS) is 1. The highest BCUT2D eigenvalue weighted by Crippen LogP contribution is 2.33. The molecule has 2 fully saturated rings. The third-order valence-corrected chi connectivity index (χ3v) is 5.39. The summed E-state index contributed by atoms with van der Waals surface area (Å²) >= 11 is 0. The van der Waals surface area contributed by atoms with E-state index in [9.17, 15) is 23.9 Å². The molecule has 2 atom stereocenters. The van der Waals surface area contributed by atoms with E-state index in [4.69, 9.17) is 0 Å². The van der Waals surface area contributed by atoms with E-state index in [-0.39, 0.29) is 18.9 Å². The van der Waals surface area contributed by atoms with Gasteiger partial charge >= 0.3 is 6.09 Å². The molecule has 4 rings (SSSR count). The van der Waals surface area contributed by atoms with Gasteiger partial charge < -0.3 is 15.3 Å². The molecule has 0 bridgehead atoms. The number of imide groups is 1. The largest absolute Gasteiger partial charge is 0.465 e. The number of carbonyl (C=O) groups excluding carboxylic acids is 2. The van der Waals surface area contributed by atoms with E-state index in [1.54, 1.807) is 17.8 Å². The number of halogens is 1. The zero-order chi connectivity index (χ0) is 20.0. The third-order valence-electron chi connectivity index (χ3n) is 5.39. The van der Waals surface area contributed by atoms with Gasteiger partial charge in [0.25, 0.3) is 0 Å². The second-order valence-corrected chi connectivity index (χ2v) is 7.14. The van der Waals surface area contributed by atoms with E-state index < -0.39 is 29.8 Å². The number of aryl methyl sites for hydroxylation is 1. The Balaban J connectivity index is 1.72. The molecule has 2 unspecified atom stereocenters. The second-order valence-electron chi connectivity index (χ2n) is 7.14. The number of aromatic nitrogens is 2. The molecule has 2 aromatic rings. The van der Waals surface area contributed by atoms with Gasteiger partial charge in [-0.25, -0.2) is 9.18 Å². The van der Waals surface area contributed by atoms with Crippen LogP contribution in [-0.4, -0.2) is 57.3 Å². The Labute approximate surface area is 159 Å². The van der Waals surface area contributed by atoms with Crippen LogP contribution >= 0.6 is 0 Å². The highest BCUT2D eigenvalue weighted by molar-refractivity contribution is 6.02. The van der Waals surface area contributed by atoms with Crippen LogP contribution in [0.1, 0.15) is 36.1 Å². The molecule has 28 heavy (non-hydrogen) atoms. The highest BCUT2D eigenvalue weighted by atomic mass is 19.1. The lowest BCUT2D eigenvalue weighted by Crippen LogP contribution is -2.48. The van der Waals surface area contributed by atoms with Crippen molar-refractivity contribution in [1.82, 2.24) is 25.3 Å². The lowest BCUT2D eigenvalue weighted by Gasteiger charge is -2.32. The van der Waals surface area contributed by atoms with Gasteiger partial charge in [0, 0.05) is 44.1 Å². The van der Waals surface area contributed by atoms with Crippen molar-refractivity contribution in [2.75, 3.05) is 19.6 Å². The van der Waals surface area contributed by atoms with E-state index in [2.05, 4.69) is 15.7 Å². The Kier molecular flexibility index (Phi) is 4.50. The van der Waals surface area contributed by atoms with Gasteiger partial charge in [0.05, 0.1) is 23.2 Å². The molecule has 3 N–H and O–H groups in total.